The maximum atomic E-state index is 12.7. The zero-order valence-corrected chi connectivity index (χ0v) is 16.7. The molecule has 0 aliphatic heterocycles. The first-order valence-corrected chi connectivity index (χ1v) is 9.18. The first-order chi connectivity index (χ1) is 12.9. The normalized spacial score (nSPS) is 13.0. The van der Waals surface area contributed by atoms with Crippen molar-refractivity contribution in [2.75, 3.05) is 14.2 Å². The van der Waals surface area contributed by atoms with E-state index in [-0.39, 0.29) is 11.9 Å². The Labute approximate surface area is 161 Å². The Morgan fingerprint density at radius 3 is 1.81 bits per heavy atom. The summed E-state index contributed by atoms with van der Waals surface area (Å²) in [6.45, 7) is 6.03. The van der Waals surface area contributed by atoms with Crippen LogP contribution in [-0.4, -0.2) is 26.2 Å². The van der Waals surface area contributed by atoms with E-state index in [1.807, 2.05) is 24.3 Å². The van der Waals surface area contributed by atoms with Crippen molar-refractivity contribution >= 4 is 5.91 Å². The van der Waals surface area contributed by atoms with E-state index in [0.29, 0.717) is 11.7 Å². The molecule has 1 N–H and O–H groups in total. The summed E-state index contributed by atoms with van der Waals surface area (Å²) in [6, 6.07) is 14.9. The highest BCUT2D eigenvalue weighted by atomic mass is 16.5. The minimum absolute atomic E-state index is 0.0784. The van der Waals surface area contributed by atoms with Gasteiger partial charge in [0.05, 0.1) is 20.3 Å². The van der Waals surface area contributed by atoms with Crippen LogP contribution in [0.25, 0.3) is 0 Å². The molecule has 0 heterocycles. The van der Waals surface area contributed by atoms with Gasteiger partial charge in [-0.25, -0.2) is 0 Å². The lowest BCUT2D eigenvalue weighted by molar-refractivity contribution is -0.128. The predicted molar refractivity (Wildman–Crippen MR) is 106 cm³/mol. The van der Waals surface area contributed by atoms with Crippen LogP contribution in [0, 0.1) is 5.92 Å². The Kier molecular flexibility index (Phi) is 7.53. The molecule has 5 heteroatoms. The zero-order chi connectivity index (χ0) is 19.8. The summed E-state index contributed by atoms with van der Waals surface area (Å²) in [6.07, 6.45) is 0.235. The highest BCUT2D eigenvalue weighted by Gasteiger charge is 2.21. The van der Waals surface area contributed by atoms with Crippen LogP contribution in [0.15, 0.2) is 48.5 Å². The second kappa shape index (κ2) is 9.86. The lowest BCUT2D eigenvalue weighted by atomic mass is 9.96. The van der Waals surface area contributed by atoms with Gasteiger partial charge >= 0.3 is 0 Å². The monoisotopic (exact) mass is 371 g/mol. The standard InChI is InChI=1S/C22H29NO4/c1-15(2)14-21(17-6-8-18(25-4)9-7-17)23-22(24)16(3)27-20-12-10-19(26-5)11-13-20/h6-13,15-16,21H,14H2,1-5H3,(H,23,24)/t16-,21-/m0/s1. The molecule has 0 unspecified atom stereocenters. The Morgan fingerprint density at radius 2 is 1.33 bits per heavy atom. The average Bonchev–Trinajstić information content (AvgIpc) is 2.67. The number of amides is 1. The van der Waals surface area contributed by atoms with Gasteiger partial charge in [0.2, 0.25) is 0 Å². The lowest BCUT2D eigenvalue weighted by Crippen LogP contribution is -2.39. The fourth-order valence-corrected chi connectivity index (χ4v) is 2.79. The molecule has 27 heavy (non-hydrogen) atoms. The van der Waals surface area contributed by atoms with Crippen LogP contribution in [0.1, 0.15) is 38.8 Å². The van der Waals surface area contributed by atoms with Crippen molar-refractivity contribution in [3.05, 3.63) is 54.1 Å². The van der Waals surface area contributed by atoms with Gasteiger partial charge in [-0.3, -0.25) is 4.79 Å². The second-order valence-electron chi connectivity index (χ2n) is 6.90. The first kappa shape index (κ1) is 20.6. The molecule has 2 rings (SSSR count). The van der Waals surface area contributed by atoms with Gasteiger partial charge in [-0.05, 0) is 61.2 Å². The predicted octanol–water partition coefficient (Wildman–Crippen LogP) is 4.37. The molecule has 2 aromatic carbocycles. The van der Waals surface area contributed by atoms with Crippen molar-refractivity contribution < 1.29 is 19.0 Å². The van der Waals surface area contributed by atoms with Gasteiger partial charge in [0.15, 0.2) is 6.10 Å². The van der Waals surface area contributed by atoms with Gasteiger partial charge in [-0.15, -0.1) is 0 Å². The summed E-state index contributed by atoms with van der Waals surface area (Å²) < 4.78 is 16.1. The van der Waals surface area contributed by atoms with Crippen molar-refractivity contribution in [2.45, 2.75) is 39.3 Å². The number of carbonyl (C=O) groups is 1. The van der Waals surface area contributed by atoms with E-state index in [4.69, 9.17) is 14.2 Å². The molecule has 2 aromatic rings. The van der Waals surface area contributed by atoms with Crippen LogP contribution in [0.4, 0.5) is 0 Å². The van der Waals surface area contributed by atoms with Crippen molar-refractivity contribution in [1.29, 1.82) is 0 Å². The second-order valence-corrected chi connectivity index (χ2v) is 6.90. The van der Waals surface area contributed by atoms with Gasteiger partial charge in [-0.1, -0.05) is 26.0 Å². The molecule has 0 saturated heterocycles. The highest BCUT2D eigenvalue weighted by molar-refractivity contribution is 5.81. The number of benzene rings is 2. The van der Waals surface area contributed by atoms with Crippen LogP contribution >= 0.6 is 0 Å². The molecule has 0 aliphatic carbocycles. The van der Waals surface area contributed by atoms with Crippen LogP contribution in [0.2, 0.25) is 0 Å². The Hall–Kier alpha value is -2.69. The fourth-order valence-electron chi connectivity index (χ4n) is 2.79. The molecule has 1 amide bonds. The number of carbonyl (C=O) groups excluding carboxylic acids is 1. The summed E-state index contributed by atoms with van der Waals surface area (Å²) in [4.78, 5) is 12.7. The zero-order valence-electron chi connectivity index (χ0n) is 16.7. The van der Waals surface area contributed by atoms with E-state index in [0.717, 1.165) is 23.5 Å². The number of nitrogens with one attached hydrogen (secondary N) is 1. The molecule has 0 fully saturated rings. The number of hydrogen-bond acceptors (Lipinski definition) is 4. The smallest absolute Gasteiger partial charge is 0.261 e. The third-order valence-corrected chi connectivity index (χ3v) is 4.28. The van der Waals surface area contributed by atoms with E-state index >= 15 is 0 Å². The van der Waals surface area contributed by atoms with E-state index in [1.54, 1.807) is 45.4 Å². The minimum Gasteiger partial charge on any atom is -0.497 e. The Morgan fingerprint density at radius 1 is 0.852 bits per heavy atom. The van der Waals surface area contributed by atoms with Crippen molar-refractivity contribution in [3.8, 4) is 17.2 Å². The summed E-state index contributed by atoms with van der Waals surface area (Å²) in [5.74, 6) is 2.46. The van der Waals surface area contributed by atoms with Crippen LogP contribution < -0.4 is 19.5 Å². The fraction of sp³-hybridized carbons (Fsp3) is 0.409. The highest BCUT2D eigenvalue weighted by Crippen LogP contribution is 2.24. The van der Waals surface area contributed by atoms with Crippen molar-refractivity contribution in [3.63, 3.8) is 0 Å². The summed E-state index contributed by atoms with van der Waals surface area (Å²) in [5, 5.41) is 3.12. The summed E-state index contributed by atoms with van der Waals surface area (Å²) >= 11 is 0. The largest absolute Gasteiger partial charge is 0.497 e. The van der Waals surface area contributed by atoms with E-state index in [2.05, 4.69) is 19.2 Å². The third kappa shape index (κ3) is 6.20. The number of methoxy groups -OCH3 is 2. The average molecular weight is 371 g/mol. The van der Waals surface area contributed by atoms with Crippen LogP contribution in [0.3, 0.4) is 0 Å². The van der Waals surface area contributed by atoms with Gasteiger partial charge in [0.25, 0.3) is 5.91 Å². The van der Waals surface area contributed by atoms with E-state index in [1.165, 1.54) is 0 Å². The number of rotatable bonds is 9. The lowest BCUT2D eigenvalue weighted by Gasteiger charge is -2.24. The van der Waals surface area contributed by atoms with Crippen LogP contribution in [-0.2, 0) is 4.79 Å². The number of hydrogen-bond donors (Lipinski definition) is 1. The SMILES string of the molecule is COc1ccc(O[C@@H](C)C(=O)N[C@@H](CC(C)C)c2ccc(OC)cc2)cc1. The Bertz CT molecular complexity index is 710. The van der Waals surface area contributed by atoms with Crippen LogP contribution in [0.5, 0.6) is 17.2 Å². The molecule has 0 spiro atoms. The molecule has 0 saturated carbocycles. The number of ether oxygens (including phenoxy) is 3. The van der Waals surface area contributed by atoms with Gasteiger partial charge < -0.3 is 19.5 Å². The van der Waals surface area contributed by atoms with Crippen molar-refractivity contribution in [2.24, 2.45) is 5.92 Å². The molecule has 0 aromatic heterocycles. The van der Waals surface area contributed by atoms with E-state index in [9.17, 15) is 4.79 Å². The molecule has 2 atom stereocenters. The van der Waals surface area contributed by atoms with Gasteiger partial charge in [0, 0.05) is 0 Å². The summed E-state index contributed by atoms with van der Waals surface area (Å²) in [7, 11) is 3.25. The molecule has 5 nitrogen and oxygen atoms in total. The first-order valence-electron chi connectivity index (χ1n) is 9.18. The van der Waals surface area contributed by atoms with Gasteiger partial charge in [-0.2, -0.15) is 0 Å². The quantitative estimate of drug-likeness (QED) is 0.711. The minimum atomic E-state index is -0.605. The molecule has 146 valence electrons. The summed E-state index contributed by atoms with van der Waals surface area (Å²) in [5.41, 5.74) is 1.05. The Balaban J connectivity index is 2.04. The van der Waals surface area contributed by atoms with Gasteiger partial charge in [0.1, 0.15) is 17.2 Å². The molecule has 0 radical (unpaired) electrons. The molecule has 0 aliphatic rings. The maximum absolute atomic E-state index is 12.7. The van der Waals surface area contributed by atoms with Crippen molar-refractivity contribution in [1.82, 2.24) is 5.32 Å². The molecular formula is C22H29NO4. The molecule has 0 bridgehead atoms. The van der Waals surface area contributed by atoms with E-state index < -0.39 is 6.10 Å². The topological polar surface area (TPSA) is 56.8 Å². The maximum Gasteiger partial charge on any atom is 0.261 e. The molecular weight excluding hydrogens is 342 g/mol. The third-order valence-electron chi connectivity index (χ3n) is 4.28.